The van der Waals surface area contributed by atoms with Gasteiger partial charge in [0.2, 0.25) is 0 Å². The average Bonchev–Trinajstić information content (AvgIpc) is 3.07. The Morgan fingerprint density at radius 2 is 0.964 bits per heavy atom. The van der Waals surface area contributed by atoms with Gasteiger partial charge in [-0.1, -0.05) is 97.1 Å². The molecule has 0 spiro atoms. The van der Waals surface area contributed by atoms with Gasteiger partial charge in [0.05, 0.1) is 0 Å². The fourth-order valence-electron chi connectivity index (χ4n) is 4.00. The van der Waals surface area contributed by atoms with Crippen molar-refractivity contribution in [3.8, 4) is 33.4 Å². The molecular weight excluding hydrogens is 357 g/mol. The molecule has 4 aromatic carbocycles. The van der Waals surface area contributed by atoms with Crippen LogP contribution in [-0.4, -0.2) is 0 Å². The van der Waals surface area contributed by atoms with Crippen LogP contribution in [0.4, 0.5) is 14.1 Å². The molecule has 0 N–H and O–H groups in total. The van der Waals surface area contributed by atoms with Gasteiger partial charge < -0.3 is 0 Å². The first-order chi connectivity index (χ1) is 12.4. The number of fused-ring (bicyclic) bond motifs is 3. The molecule has 0 heterocycles. The van der Waals surface area contributed by atoms with E-state index >= 15 is 0 Å². The molecule has 0 saturated carbocycles. The molecule has 0 amide bonds. The number of hydrogen-bond acceptors (Lipinski definition) is 0. The summed E-state index contributed by atoms with van der Waals surface area (Å²) >= 11 is 0. The van der Waals surface area contributed by atoms with Crippen LogP contribution in [0.2, 0.25) is 0 Å². The summed E-state index contributed by atoms with van der Waals surface area (Å²) in [6.07, 6.45) is 1.01. The summed E-state index contributed by atoms with van der Waals surface area (Å²) in [7, 11) is 0. The zero-order chi connectivity index (χ0) is 16.6. The second-order valence-corrected chi connectivity index (χ2v) is 6.58. The lowest BCUT2D eigenvalue weighted by Crippen LogP contribution is -1.92. The number of hydrogen-bond donors (Lipinski definition) is 0. The van der Waals surface area contributed by atoms with Crippen LogP contribution in [0.1, 0.15) is 11.1 Å². The molecule has 5 rings (SSSR count). The Kier molecular flexibility index (Phi) is 6.42. The summed E-state index contributed by atoms with van der Waals surface area (Å²) in [6.45, 7) is 0. The van der Waals surface area contributed by atoms with Gasteiger partial charge >= 0.3 is 0 Å². The average molecular weight is 378 g/mol. The van der Waals surface area contributed by atoms with Gasteiger partial charge in [0.1, 0.15) is 0 Å². The second-order valence-electron chi connectivity index (χ2n) is 6.58. The van der Waals surface area contributed by atoms with Crippen molar-refractivity contribution >= 4 is 0 Å². The van der Waals surface area contributed by atoms with Gasteiger partial charge in [0.25, 0.3) is 0 Å². The first-order valence-electron chi connectivity index (χ1n) is 8.77. The van der Waals surface area contributed by atoms with E-state index in [0.29, 0.717) is 0 Å². The van der Waals surface area contributed by atoms with Crippen molar-refractivity contribution < 1.29 is 14.1 Å². The van der Waals surface area contributed by atoms with Gasteiger partial charge in [-0.25, -0.2) is 0 Å². The van der Waals surface area contributed by atoms with E-state index < -0.39 is 0 Å². The Morgan fingerprint density at radius 3 is 1.64 bits per heavy atom. The van der Waals surface area contributed by atoms with Crippen LogP contribution in [0.25, 0.3) is 33.4 Å². The third-order valence-corrected chi connectivity index (χ3v) is 5.13. The number of rotatable bonds is 2. The third-order valence-electron chi connectivity index (χ3n) is 5.13. The highest BCUT2D eigenvalue weighted by Gasteiger charge is 2.23. The van der Waals surface area contributed by atoms with Crippen molar-refractivity contribution in [2.45, 2.75) is 6.42 Å². The minimum absolute atomic E-state index is 0. The quantitative estimate of drug-likeness (QED) is 0.309. The first-order valence-corrected chi connectivity index (χ1v) is 8.77. The van der Waals surface area contributed by atoms with Crippen molar-refractivity contribution in [2.75, 3.05) is 0 Å². The van der Waals surface area contributed by atoms with Gasteiger partial charge in [-0.05, 0) is 50.9 Å². The first kappa shape index (κ1) is 21.0. The van der Waals surface area contributed by atoms with Gasteiger partial charge in [0, 0.05) is 0 Å². The molecular formula is C25H21F3. The summed E-state index contributed by atoms with van der Waals surface area (Å²) in [5.74, 6) is 0. The van der Waals surface area contributed by atoms with Gasteiger partial charge in [-0.3, -0.25) is 14.1 Å². The van der Waals surface area contributed by atoms with E-state index in [0.717, 1.165) is 6.42 Å². The molecule has 0 atom stereocenters. The van der Waals surface area contributed by atoms with E-state index in [9.17, 15) is 0 Å². The highest BCUT2D eigenvalue weighted by atomic mass is 19.0. The Hall–Kier alpha value is -3.33. The van der Waals surface area contributed by atoms with Gasteiger partial charge in [-0.15, -0.1) is 0 Å². The molecule has 0 saturated heterocycles. The molecule has 0 nitrogen and oxygen atoms in total. The summed E-state index contributed by atoms with van der Waals surface area (Å²) in [5, 5.41) is 0. The predicted octanol–water partition coefficient (Wildman–Crippen LogP) is 7.05. The second kappa shape index (κ2) is 8.57. The van der Waals surface area contributed by atoms with E-state index in [1.807, 2.05) is 0 Å². The maximum Gasteiger partial charge on any atom is -0.000706 e. The lowest BCUT2D eigenvalue weighted by atomic mass is 9.88. The summed E-state index contributed by atoms with van der Waals surface area (Å²) in [4.78, 5) is 0. The highest BCUT2D eigenvalue weighted by Crippen LogP contribution is 2.45. The molecule has 1 aliphatic rings. The van der Waals surface area contributed by atoms with E-state index in [-0.39, 0.29) is 14.1 Å². The van der Waals surface area contributed by atoms with Crippen molar-refractivity contribution in [1.82, 2.24) is 0 Å². The van der Waals surface area contributed by atoms with Crippen LogP contribution in [0, 0.1) is 0 Å². The normalized spacial score (nSPS) is 10.6. The molecule has 3 heteroatoms. The zero-order valence-corrected chi connectivity index (χ0v) is 15.2. The van der Waals surface area contributed by atoms with Crippen molar-refractivity contribution in [1.29, 1.82) is 0 Å². The molecule has 142 valence electrons. The standard InChI is InChI=1S/C25H18.3FH/c1-3-9-18(10-4-1)22-15-16-23-21-14-8-7-13-20(21)17-24(23)25(22)19-11-5-2-6-12-19;;;/h1-16H,17H2;3*1H. The molecule has 0 unspecified atom stereocenters. The SMILES string of the molecule is F.F.F.c1ccc(-c2ccc3c(c2-c2ccccc2)Cc2ccccc2-3)cc1. The predicted molar refractivity (Wildman–Crippen MR) is 113 cm³/mol. The Morgan fingerprint density at radius 1 is 0.429 bits per heavy atom. The van der Waals surface area contributed by atoms with Crippen molar-refractivity contribution in [3.05, 3.63) is 108 Å². The van der Waals surface area contributed by atoms with Crippen LogP contribution >= 0.6 is 0 Å². The molecule has 1 aliphatic carbocycles. The van der Waals surface area contributed by atoms with Crippen molar-refractivity contribution in [3.63, 3.8) is 0 Å². The molecule has 0 aliphatic heterocycles. The molecule has 4 aromatic rings. The minimum atomic E-state index is 0. The van der Waals surface area contributed by atoms with Gasteiger partial charge in [0.15, 0.2) is 0 Å². The van der Waals surface area contributed by atoms with Crippen LogP contribution in [0.3, 0.4) is 0 Å². The third kappa shape index (κ3) is 3.31. The topological polar surface area (TPSA) is 0 Å². The maximum atomic E-state index is 2.30. The summed E-state index contributed by atoms with van der Waals surface area (Å²) in [6, 6.07) is 34.9. The fraction of sp³-hybridized carbons (Fsp3) is 0.0400. The highest BCUT2D eigenvalue weighted by molar-refractivity contribution is 5.93. The Labute approximate surface area is 162 Å². The van der Waals surface area contributed by atoms with E-state index in [2.05, 4.69) is 97.1 Å². The zero-order valence-electron chi connectivity index (χ0n) is 15.2. The lowest BCUT2D eigenvalue weighted by molar-refractivity contribution is 1.11. The van der Waals surface area contributed by atoms with Crippen molar-refractivity contribution in [2.24, 2.45) is 0 Å². The molecule has 28 heavy (non-hydrogen) atoms. The summed E-state index contributed by atoms with van der Waals surface area (Å²) < 4.78 is 0. The Bertz CT molecular complexity index is 1060. The summed E-state index contributed by atoms with van der Waals surface area (Å²) in [5.41, 5.74) is 10.9. The number of halogens is 3. The maximum absolute atomic E-state index is 2.30. The molecule has 0 radical (unpaired) electrons. The fourth-order valence-corrected chi connectivity index (χ4v) is 4.00. The molecule has 0 bridgehead atoms. The van der Waals surface area contributed by atoms with Crippen LogP contribution in [0.15, 0.2) is 97.1 Å². The van der Waals surface area contributed by atoms with E-state index in [1.165, 1.54) is 44.5 Å². The lowest BCUT2D eigenvalue weighted by Gasteiger charge is -2.16. The molecule has 0 aromatic heterocycles. The molecule has 0 fully saturated rings. The number of benzene rings is 4. The largest absolute Gasteiger partial charge is 0.269 e. The Balaban J connectivity index is 0.000000934. The van der Waals surface area contributed by atoms with E-state index in [4.69, 9.17) is 0 Å². The van der Waals surface area contributed by atoms with Crippen LogP contribution in [-0.2, 0) is 6.42 Å². The van der Waals surface area contributed by atoms with Crippen LogP contribution in [0.5, 0.6) is 0 Å². The van der Waals surface area contributed by atoms with Crippen LogP contribution < -0.4 is 0 Å². The van der Waals surface area contributed by atoms with E-state index in [1.54, 1.807) is 0 Å². The minimum Gasteiger partial charge on any atom is -0.269 e. The van der Waals surface area contributed by atoms with Gasteiger partial charge in [-0.2, -0.15) is 0 Å². The smallest absolute Gasteiger partial charge is 0.000706 e. The monoisotopic (exact) mass is 378 g/mol.